The summed E-state index contributed by atoms with van der Waals surface area (Å²) in [6.45, 7) is 0. The first-order valence-electron chi connectivity index (χ1n) is 7.31. The lowest BCUT2D eigenvalue weighted by atomic mass is 10.1. The minimum Gasteiger partial charge on any atom is -0.496 e. The van der Waals surface area contributed by atoms with Crippen LogP contribution in [-0.4, -0.2) is 17.9 Å². The Morgan fingerprint density at radius 3 is 2.44 bits per heavy atom. The quantitative estimate of drug-likeness (QED) is 0.571. The second-order valence-electron chi connectivity index (χ2n) is 5.28. The van der Waals surface area contributed by atoms with Gasteiger partial charge >= 0.3 is 5.69 Å². The van der Waals surface area contributed by atoms with Crippen LogP contribution in [0, 0.1) is 15.9 Å². The van der Waals surface area contributed by atoms with Crippen molar-refractivity contribution in [3.05, 3.63) is 76.1 Å². The van der Waals surface area contributed by atoms with Crippen molar-refractivity contribution in [2.45, 2.75) is 0 Å². The summed E-state index contributed by atoms with van der Waals surface area (Å²) in [4.78, 5) is 22.5. The Hall–Kier alpha value is -3.48. The van der Waals surface area contributed by atoms with E-state index < -0.39 is 22.3 Å². The molecule has 0 saturated heterocycles. The third-order valence-corrected chi connectivity index (χ3v) is 3.71. The molecule has 0 radical (unpaired) electrons. The van der Waals surface area contributed by atoms with Crippen LogP contribution in [0.25, 0.3) is 10.8 Å². The zero-order valence-corrected chi connectivity index (χ0v) is 13.2. The smallest absolute Gasteiger partial charge is 0.306 e. The first-order chi connectivity index (χ1) is 12.0. The first-order valence-corrected chi connectivity index (χ1v) is 7.31. The van der Waals surface area contributed by atoms with Crippen LogP contribution >= 0.6 is 0 Å². The second-order valence-corrected chi connectivity index (χ2v) is 5.28. The molecule has 3 aromatic rings. The Balaban J connectivity index is 1.97. The van der Waals surface area contributed by atoms with Crippen LogP contribution in [0.15, 0.2) is 54.6 Å². The van der Waals surface area contributed by atoms with Crippen molar-refractivity contribution >= 4 is 28.1 Å². The van der Waals surface area contributed by atoms with Gasteiger partial charge in [0, 0.05) is 11.8 Å². The molecule has 0 aliphatic rings. The van der Waals surface area contributed by atoms with Crippen molar-refractivity contribution in [3.8, 4) is 5.75 Å². The number of carbonyl (C=O) groups excluding carboxylic acids is 1. The van der Waals surface area contributed by atoms with E-state index >= 15 is 0 Å². The van der Waals surface area contributed by atoms with E-state index in [-0.39, 0.29) is 11.3 Å². The Labute approximate surface area is 142 Å². The number of benzene rings is 3. The maximum atomic E-state index is 13.4. The number of hydrogen-bond acceptors (Lipinski definition) is 4. The first kappa shape index (κ1) is 16.4. The summed E-state index contributed by atoms with van der Waals surface area (Å²) in [5.74, 6) is -1.11. The van der Waals surface area contributed by atoms with Gasteiger partial charge in [0.1, 0.15) is 5.75 Å². The van der Waals surface area contributed by atoms with Crippen molar-refractivity contribution in [1.29, 1.82) is 0 Å². The summed E-state index contributed by atoms with van der Waals surface area (Å²) >= 11 is 0. The molecule has 0 bridgehead atoms. The standard InChI is InChI=1S/C18H13FN2O4/c1-25-17-9-12-5-3-2-4-11(12)8-14(17)18(22)20-13-6-7-15(19)16(10-13)21(23)24/h2-10H,1H3,(H,20,22). The molecule has 0 atom stereocenters. The topological polar surface area (TPSA) is 81.5 Å². The summed E-state index contributed by atoms with van der Waals surface area (Å²) in [5.41, 5.74) is -0.315. The van der Waals surface area contributed by atoms with Gasteiger partial charge in [0.15, 0.2) is 0 Å². The summed E-state index contributed by atoms with van der Waals surface area (Å²) in [7, 11) is 1.45. The maximum absolute atomic E-state index is 13.4. The van der Waals surface area contributed by atoms with Crippen molar-refractivity contribution in [1.82, 2.24) is 0 Å². The van der Waals surface area contributed by atoms with Gasteiger partial charge in [-0.3, -0.25) is 14.9 Å². The van der Waals surface area contributed by atoms with Crippen LogP contribution in [0.4, 0.5) is 15.8 Å². The number of ether oxygens (including phenoxy) is 1. The van der Waals surface area contributed by atoms with E-state index in [4.69, 9.17) is 4.74 Å². The number of hydrogen-bond donors (Lipinski definition) is 1. The van der Waals surface area contributed by atoms with Crippen molar-refractivity contribution in [2.24, 2.45) is 0 Å². The number of rotatable bonds is 4. The monoisotopic (exact) mass is 340 g/mol. The van der Waals surface area contributed by atoms with Gasteiger partial charge in [-0.05, 0) is 35.0 Å². The highest BCUT2D eigenvalue weighted by atomic mass is 19.1. The number of nitro benzene ring substituents is 1. The highest BCUT2D eigenvalue weighted by Crippen LogP contribution is 2.28. The van der Waals surface area contributed by atoms with Crippen LogP contribution in [0.5, 0.6) is 5.75 Å². The molecule has 1 amide bonds. The molecule has 126 valence electrons. The fourth-order valence-corrected chi connectivity index (χ4v) is 2.49. The number of nitrogens with one attached hydrogen (secondary N) is 1. The second kappa shape index (κ2) is 6.56. The summed E-state index contributed by atoms with van der Waals surface area (Å²) in [6.07, 6.45) is 0. The molecule has 0 heterocycles. The molecule has 1 N–H and O–H groups in total. The SMILES string of the molecule is COc1cc2ccccc2cc1C(=O)Nc1ccc(F)c([N+](=O)[O-])c1. The van der Waals surface area contributed by atoms with E-state index in [9.17, 15) is 19.3 Å². The van der Waals surface area contributed by atoms with Gasteiger partial charge in [-0.25, -0.2) is 0 Å². The van der Waals surface area contributed by atoms with Gasteiger partial charge in [-0.15, -0.1) is 0 Å². The summed E-state index contributed by atoms with van der Waals surface area (Å²) in [5, 5.41) is 15.1. The lowest BCUT2D eigenvalue weighted by Gasteiger charge is -2.11. The molecular weight excluding hydrogens is 327 g/mol. The predicted molar refractivity (Wildman–Crippen MR) is 91.5 cm³/mol. The molecule has 0 fully saturated rings. The number of carbonyl (C=O) groups is 1. The van der Waals surface area contributed by atoms with Crippen LogP contribution in [0.3, 0.4) is 0 Å². The molecule has 0 aromatic heterocycles. The number of fused-ring (bicyclic) bond motifs is 1. The Morgan fingerprint density at radius 1 is 1.12 bits per heavy atom. The predicted octanol–water partition coefficient (Wildman–Crippen LogP) is 4.15. The molecule has 0 saturated carbocycles. The molecule has 25 heavy (non-hydrogen) atoms. The molecule has 0 unspecified atom stereocenters. The van der Waals surface area contributed by atoms with Gasteiger partial charge in [-0.1, -0.05) is 24.3 Å². The Bertz CT molecular complexity index is 988. The van der Waals surface area contributed by atoms with Gasteiger partial charge in [0.2, 0.25) is 5.82 Å². The van der Waals surface area contributed by atoms with Gasteiger partial charge in [0.05, 0.1) is 17.6 Å². The molecule has 0 aliphatic carbocycles. The molecule has 3 rings (SSSR count). The molecule has 7 heteroatoms. The van der Waals surface area contributed by atoms with Crippen LogP contribution in [0.1, 0.15) is 10.4 Å². The third kappa shape index (κ3) is 3.25. The van der Waals surface area contributed by atoms with E-state index in [1.165, 1.54) is 13.2 Å². The number of nitro groups is 1. The largest absolute Gasteiger partial charge is 0.496 e. The fraction of sp³-hybridized carbons (Fsp3) is 0.0556. The highest BCUT2D eigenvalue weighted by molar-refractivity contribution is 6.08. The van der Waals surface area contributed by atoms with E-state index in [1.54, 1.807) is 12.1 Å². The van der Waals surface area contributed by atoms with Gasteiger partial charge in [-0.2, -0.15) is 4.39 Å². The number of halogens is 1. The van der Waals surface area contributed by atoms with E-state index in [2.05, 4.69) is 5.32 Å². The van der Waals surface area contributed by atoms with Crippen molar-refractivity contribution < 1.29 is 18.8 Å². The molecule has 3 aromatic carbocycles. The lowest BCUT2D eigenvalue weighted by molar-refractivity contribution is -0.387. The number of nitrogens with zero attached hydrogens (tertiary/aromatic N) is 1. The number of anilines is 1. The maximum Gasteiger partial charge on any atom is 0.306 e. The number of methoxy groups -OCH3 is 1. The zero-order chi connectivity index (χ0) is 18.0. The number of amides is 1. The summed E-state index contributed by atoms with van der Waals surface area (Å²) < 4.78 is 18.7. The molecule has 0 spiro atoms. The minimum absolute atomic E-state index is 0.119. The van der Waals surface area contributed by atoms with Crippen molar-refractivity contribution in [3.63, 3.8) is 0 Å². The Kier molecular flexibility index (Phi) is 4.30. The normalized spacial score (nSPS) is 10.5. The molecule has 6 nitrogen and oxygen atoms in total. The molecular formula is C18H13FN2O4. The fourth-order valence-electron chi connectivity index (χ4n) is 2.49. The van der Waals surface area contributed by atoms with E-state index in [0.29, 0.717) is 5.75 Å². The average Bonchev–Trinajstić information content (AvgIpc) is 2.61. The Morgan fingerprint density at radius 2 is 1.80 bits per heavy atom. The minimum atomic E-state index is -0.966. The van der Waals surface area contributed by atoms with E-state index in [1.807, 2.05) is 24.3 Å². The van der Waals surface area contributed by atoms with Gasteiger partial charge < -0.3 is 10.1 Å². The van der Waals surface area contributed by atoms with Crippen LogP contribution in [-0.2, 0) is 0 Å². The summed E-state index contributed by atoms with van der Waals surface area (Å²) in [6, 6.07) is 14.0. The van der Waals surface area contributed by atoms with Crippen LogP contribution < -0.4 is 10.1 Å². The zero-order valence-electron chi connectivity index (χ0n) is 13.2. The highest BCUT2D eigenvalue weighted by Gasteiger charge is 2.18. The third-order valence-electron chi connectivity index (χ3n) is 3.71. The lowest BCUT2D eigenvalue weighted by Crippen LogP contribution is -2.13. The van der Waals surface area contributed by atoms with Crippen LogP contribution in [0.2, 0.25) is 0 Å². The molecule has 0 aliphatic heterocycles. The van der Waals surface area contributed by atoms with Gasteiger partial charge in [0.25, 0.3) is 5.91 Å². The average molecular weight is 340 g/mol. The van der Waals surface area contributed by atoms with Crippen molar-refractivity contribution in [2.75, 3.05) is 12.4 Å². The van der Waals surface area contributed by atoms with E-state index in [0.717, 1.165) is 22.9 Å².